The van der Waals surface area contributed by atoms with Crippen LogP contribution in [0.4, 0.5) is 4.79 Å². The second-order valence-corrected chi connectivity index (χ2v) is 4.91. The predicted molar refractivity (Wildman–Crippen MR) is 74.8 cm³/mol. The number of carbonyl (C=O) groups excluding carboxylic acids is 3. The number of nitrogens with zero attached hydrogens (tertiary/aromatic N) is 2. The first-order valence-corrected chi connectivity index (χ1v) is 6.22. The Labute approximate surface area is 117 Å². The first-order chi connectivity index (χ1) is 9.32. The van der Waals surface area contributed by atoms with Crippen LogP contribution in [-0.2, 0) is 9.59 Å². The highest BCUT2D eigenvalue weighted by atomic mass is 16.2. The molecule has 104 valence electrons. The number of benzene rings is 1. The Morgan fingerprint density at radius 1 is 0.900 bits per heavy atom. The maximum absolute atomic E-state index is 12.0. The second kappa shape index (κ2) is 4.92. The average Bonchev–Trinajstić information content (AvgIpc) is 2.43. The monoisotopic (exact) mass is 272 g/mol. The van der Waals surface area contributed by atoms with Gasteiger partial charge in [-0.25, -0.2) is 4.79 Å². The summed E-state index contributed by atoms with van der Waals surface area (Å²) < 4.78 is 0. The molecule has 0 unspecified atom stereocenters. The number of amides is 4. The van der Waals surface area contributed by atoms with Crippen LogP contribution < -0.4 is 0 Å². The van der Waals surface area contributed by atoms with Crippen molar-refractivity contribution >= 4 is 23.9 Å². The van der Waals surface area contributed by atoms with E-state index in [0.29, 0.717) is 0 Å². The van der Waals surface area contributed by atoms with Crippen LogP contribution in [0.1, 0.15) is 16.7 Å². The molecule has 0 aromatic heterocycles. The van der Waals surface area contributed by atoms with Crippen molar-refractivity contribution in [2.45, 2.75) is 13.8 Å². The van der Waals surface area contributed by atoms with E-state index >= 15 is 0 Å². The Balaban J connectivity index is 2.46. The van der Waals surface area contributed by atoms with Gasteiger partial charge >= 0.3 is 6.03 Å². The summed E-state index contributed by atoms with van der Waals surface area (Å²) in [5.41, 5.74) is 2.98. The van der Waals surface area contributed by atoms with Gasteiger partial charge in [0.1, 0.15) is 5.57 Å². The van der Waals surface area contributed by atoms with Crippen molar-refractivity contribution in [1.29, 1.82) is 0 Å². The number of hydrogen-bond acceptors (Lipinski definition) is 3. The Morgan fingerprint density at radius 3 is 1.95 bits per heavy atom. The highest BCUT2D eigenvalue weighted by Gasteiger charge is 2.37. The minimum absolute atomic E-state index is 0.00199. The number of hydrogen-bond donors (Lipinski definition) is 0. The molecule has 1 aromatic carbocycles. The molecule has 0 spiro atoms. The molecule has 1 aliphatic heterocycles. The summed E-state index contributed by atoms with van der Waals surface area (Å²) in [5.74, 6) is -1.15. The van der Waals surface area contributed by atoms with Crippen molar-refractivity contribution in [3.63, 3.8) is 0 Å². The van der Waals surface area contributed by atoms with Crippen molar-refractivity contribution < 1.29 is 14.4 Å². The number of aryl methyl sites for hydroxylation is 2. The molecular formula is C15H16N2O3. The molecular weight excluding hydrogens is 256 g/mol. The number of urea groups is 1. The lowest BCUT2D eigenvalue weighted by Crippen LogP contribution is -2.52. The fourth-order valence-electron chi connectivity index (χ4n) is 2.00. The van der Waals surface area contributed by atoms with Gasteiger partial charge in [-0.3, -0.25) is 19.4 Å². The molecule has 0 aliphatic carbocycles. The standard InChI is InChI=1S/C15H16N2O3/c1-9-5-6-11(7-10(9)2)8-12-13(18)16(3)15(20)17(4)14(12)19/h5-8H,1-4H3. The summed E-state index contributed by atoms with van der Waals surface area (Å²) in [6, 6.07) is 5.06. The number of barbiturate groups is 1. The minimum atomic E-state index is -0.614. The van der Waals surface area contributed by atoms with Gasteiger partial charge in [0.2, 0.25) is 0 Å². The summed E-state index contributed by atoms with van der Waals surface area (Å²) in [4.78, 5) is 37.6. The fraction of sp³-hybridized carbons (Fsp3) is 0.267. The van der Waals surface area contributed by atoms with E-state index in [-0.39, 0.29) is 5.57 Å². The topological polar surface area (TPSA) is 57.7 Å². The molecule has 0 radical (unpaired) electrons. The summed E-state index contributed by atoms with van der Waals surface area (Å²) in [6.45, 7) is 3.95. The third kappa shape index (κ3) is 2.22. The van der Waals surface area contributed by atoms with Gasteiger partial charge in [0.15, 0.2) is 0 Å². The molecule has 1 fully saturated rings. The van der Waals surface area contributed by atoms with Crippen LogP contribution in [0.15, 0.2) is 23.8 Å². The zero-order valence-electron chi connectivity index (χ0n) is 11.9. The van der Waals surface area contributed by atoms with Crippen molar-refractivity contribution in [3.8, 4) is 0 Å². The number of likely N-dealkylation sites (N-methyl/N-ethyl adjacent to an activating group) is 2. The Bertz CT molecular complexity index is 621. The first kappa shape index (κ1) is 14.0. The van der Waals surface area contributed by atoms with Gasteiger partial charge in [-0.2, -0.15) is 0 Å². The van der Waals surface area contributed by atoms with Gasteiger partial charge in [-0.05, 0) is 36.6 Å². The van der Waals surface area contributed by atoms with E-state index in [1.807, 2.05) is 32.0 Å². The quantitative estimate of drug-likeness (QED) is 0.578. The van der Waals surface area contributed by atoms with Crippen LogP contribution in [0.3, 0.4) is 0 Å². The average molecular weight is 272 g/mol. The summed E-state index contributed by atoms with van der Waals surface area (Å²) in [5, 5.41) is 0. The van der Waals surface area contributed by atoms with Gasteiger partial charge < -0.3 is 0 Å². The van der Waals surface area contributed by atoms with Crippen LogP contribution in [0.2, 0.25) is 0 Å². The van der Waals surface area contributed by atoms with E-state index in [2.05, 4.69) is 0 Å². The smallest absolute Gasteiger partial charge is 0.268 e. The molecule has 0 atom stereocenters. The molecule has 0 saturated carbocycles. The molecule has 4 amide bonds. The molecule has 5 heteroatoms. The largest absolute Gasteiger partial charge is 0.333 e. The van der Waals surface area contributed by atoms with E-state index in [1.54, 1.807) is 0 Å². The molecule has 5 nitrogen and oxygen atoms in total. The van der Waals surface area contributed by atoms with Crippen molar-refractivity contribution in [2.75, 3.05) is 14.1 Å². The van der Waals surface area contributed by atoms with E-state index in [9.17, 15) is 14.4 Å². The lowest BCUT2D eigenvalue weighted by Gasteiger charge is -2.28. The number of imide groups is 2. The highest BCUT2D eigenvalue weighted by Crippen LogP contribution is 2.19. The maximum Gasteiger partial charge on any atom is 0.333 e. The lowest BCUT2D eigenvalue weighted by molar-refractivity contribution is -0.134. The van der Waals surface area contributed by atoms with Gasteiger partial charge in [0.25, 0.3) is 11.8 Å². The molecule has 20 heavy (non-hydrogen) atoms. The van der Waals surface area contributed by atoms with Crippen molar-refractivity contribution in [2.24, 2.45) is 0 Å². The zero-order valence-corrected chi connectivity index (χ0v) is 11.9. The van der Waals surface area contributed by atoms with E-state index in [1.165, 1.54) is 20.2 Å². The van der Waals surface area contributed by atoms with Crippen molar-refractivity contribution in [1.82, 2.24) is 9.80 Å². The number of rotatable bonds is 1. The Kier molecular flexibility index (Phi) is 3.44. The van der Waals surface area contributed by atoms with E-state index < -0.39 is 17.8 Å². The van der Waals surface area contributed by atoms with Gasteiger partial charge in [-0.1, -0.05) is 18.2 Å². The Morgan fingerprint density at radius 2 is 1.45 bits per heavy atom. The van der Waals surface area contributed by atoms with Gasteiger partial charge in [-0.15, -0.1) is 0 Å². The minimum Gasteiger partial charge on any atom is -0.268 e. The number of carbonyl (C=O) groups is 3. The van der Waals surface area contributed by atoms with E-state index in [4.69, 9.17) is 0 Å². The van der Waals surface area contributed by atoms with Crippen LogP contribution in [0.25, 0.3) is 6.08 Å². The third-order valence-corrected chi connectivity index (χ3v) is 3.49. The summed E-state index contributed by atoms with van der Waals surface area (Å²) in [7, 11) is 2.73. The molecule has 1 aliphatic rings. The molecule has 2 rings (SSSR count). The molecule has 1 saturated heterocycles. The molecule has 0 bridgehead atoms. The van der Waals surface area contributed by atoms with Gasteiger partial charge in [0.05, 0.1) is 0 Å². The Hall–Kier alpha value is -2.43. The van der Waals surface area contributed by atoms with E-state index in [0.717, 1.165) is 26.5 Å². The predicted octanol–water partition coefficient (Wildman–Crippen LogP) is 1.74. The molecule has 1 heterocycles. The van der Waals surface area contributed by atoms with Gasteiger partial charge in [0, 0.05) is 14.1 Å². The zero-order chi connectivity index (χ0) is 15.0. The van der Waals surface area contributed by atoms with Crippen LogP contribution in [0, 0.1) is 13.8 Å². The first-order valence-electron chi connectivity index (χ1n) is 6.22. The lowest BCUT2D eigenvalue weighted by atomic mass is 10.0. The van der Waals surface area contributed by atoms with Crippen LogP contribution in [0.5, 0.6) is 0 Å². The SMILES string of the molecule is Cc1ccc(C=C2C(=O)N(C)C(=O)N(C)C2=O)cc1C. The van der Waals surface area contributed by atoms with Crippen molar-refractivity contribution in [3.05, 3.63) is 40.5 Å². The molecule has 0 N–H and O–H groups in total. The summed E-state index contributed by atoms with van der Waals surface area (Å²) in [6.07, 6.45) is 1.52. The maximum atomic E-state index is 12.0. The highest BCUT2D eigenvalue weighted by molar-refractivity contribution is 6.30. The third-order valence-electron chi connectivity index (χ3n) is 3.49. The van der Waals surface area contributed by atoms with Crippen LogP contribution >= 0.6 is 0 Å². The fourth-order valence-corrected chi connectivity index (χ4v) is 2.00. The molecule has 1 aromatic rings. The summed E-state index contributed by atoms with van der Waals surface area (Å²) >= 11 is 0. The normalized spacial score (nSPS) is 16.0. The second-order valence-electron chi connectivity index (χ2n) is 4.91. The van der Waals surface area contributed by atoms with Crippen LogP contribution in [-0.4, -0.2) is 41.7 Å².